The van der Waals surface area contributed by atoms with E-state index in [9.17, 15) is 18.3 Å². The van der Waals surface area contributed by atoms with Gasteiger partial charge in [-0.25, -0.2) is 0 Å². The molecule has 1 nitrogen and oxygen atoms in total. The molecule has 1 unspecified atom stereocenters. The van der Waals surface area contributed by atoms with Crippen LogP contribution in [0.15, 0.2) is 18.2 Å². The molecule has 0 aliphatic heterocycles. The molecule has 4 heteroatoms. The van der Waals surface area contributed by atoms with E-state index in [0.717, 1.165) is 25.0 Å². The van der Waals surface area contributed by atoms with E-state index in [1.54, 1.807) is 6.92 Å². The molecule has 1 saturated carbocycles. The van der Waals surface area contributed by atoms with Crippen molar-refractivity contribution in [3.63, 3.8) is 0 Å². The van der Waals surface area contributed by atoms with Crippen LogP contribution < -0.4 is 0 Å². The SMILES string of the molecule is Cc1cc(C(F)(F)F)ccc1C1(O)CCCC1(C)C. The fraction of sp³-hybridized carbons (Fsp3) is 0.600. The maximum absolute atomic E-state index is 12.7. The first-order valence-corrected chi connectivity index (χ1v) is 6.49. The van der Waals surface area contributed by atoms with Crippen molar-refractivity contribution in [1.82, 2.24) is 0 Å². The third-order valence-electron chi connectivity index (χ3n) is 4.46. The molecule has 0 saturated heterocycles. The monoisotopic (exact) mass is 272 g/mol. The standard InChI is InChI=1S/C15H19F3O/c1-10-9-11(15(16,17)18)5-6-12(10)14(19)8-4-7-13(14,2)3/h5-6,9,19H,4,7-8H2,1-3H3. The molecule has 2 rings (SSSR count). The molecule has 0 heterocycles. The van der Waals surface area contributed by atoms with Crippen molar-refractivity contribution in [3.05, 3.63) is 34.9 Å². The Kier molecular flexibility index (Phi) is 3.21. The van der Waals surface area contributed by atoms with Gasteiger partial charge in [-0.3, -0.25) is 0 Å². The van der Waals surface area contributed by atoms with Gasteiger partial charge in [-0.15, -0.1) is 0 Å². The summed E-state index contributed by atoms with van der Waals surface area (Å²) in [5.41, 5.74) is -0.859. The molecule has 0 aromatic heterocycles. The lowest BCUT2D eigenvalue weighted by atomic mass is 9.72. The summed E-state index contributed by atoms with van der Waals surface area (Å²) < 4.78 is 38.0. The fourth-order valence-corrected chi connectivity index (χ4v) is 3.13. The van der Waals surface area contributed by atoms with E-state index in [4.69, 9.17) is 0 Å². The van der Waals surface area contributed by atoms with Crippen molar-refractivity contribution < 1.29 is 18.3 Å². The molecule has 106 valence electrons. The molecule has 0 radical (unpaired) electrons. The summed E-state index contributed by atoms with van der Waals surface area (Å²) in [7, 11) is 0. The molecule has 19 heavy (non-hydrogen) atoms. The molecule has 1 aromatic carbocycles. The summed E-state index contributed by atoms with van der Waals surface area (Å²) in [6.45, 7) is 5.57. The predicted molar refractivity (Wildman–Crippen MR) is 67.7 cm³/mol. The summed E-state index contributed by atoms with van der Waals surface area (Å²) >= 11 is 0. The van der Waals surface area contributed by atoms with Crippen LogP contribution in [0.5, 0.6) is 0 Å². The third-order valence-corrected chi connectivity index (χ3v) is 4.46. The number of halogens is 3. The second-order valence-corrected chi connectivity index (χ2v) is 6.13. The average Bonchev–Trinajstić information content (AvgIpc) is 2.52. The number of benzene rings is 1. The minimum atomic E-state index is -4.34. The van der Waals surface area contributed by atoms with E-state index in [0.29, 0.717) is 17.5 Å². The highest BCUT2D eigenvalue weighted by atomic mass is 19.4. The summed E-state index contributed by atoms with van der Waals surface area (Å²) in [5, 5.41) is 10.9. The molecule has 1 aliphatic rings. The van der Waals surface area contributed by atoms with Gasteiger partial charge in [0.2, 0.25) is 0 Å². The number of aliphatic hydroxyl groups is 1. The Morgan fingerprint density at radius 3 is 2.21 bits per heavy atom. The lowest BCUT2D eigenvalue weighted by Crippen LogP contribution is -2.37. The van der Waals surface area contributed by atoms with Crippen LogP contribution in [0.4, 0.5) is 13.2 Å². The number of hydrogen-bond donors (Lipinski definition) is 1. The molecule has 1 N–H and O–H groups in total. The second kappa shape index (κ2) is 4.23. The lowest BCUT2D eigenvalue weighted by Gasteiger charge is -2.38. The lowest BCUT2D eigenvalue weighted by molar-refractivity contribution is -0.137. The van der Waals surface area contributed by atoms with Crippen LogP contribution in [0.25, 0.3) is 0 Å². The van der Waals surface area contributed by atoms with Crippen LogP contribution in [0.1, 0.15) is 49.8 Å². The van der Waals surface area contributed by atoms with E-state index < -0.39 is 17.3 Å². The number of alkyl halides is 3. The Hall–Kier alpha value is -1.03. The highest BCUT2D eigenvalue weighted by Gasteiger charge is 2.49. The zero-order valence-corrected chi connectivity index (χ0v) is 11.4. The highest BCUT2D eigenvalue weighted by Crippen LogP contribution is 2.53. The molecule has 1 aromatic rings. The van der Waals surface area contributed by atoms with Gasteiger partial charge in [0.15, 0.2) is 0 Å². The van der Waals surface area contributed by atoms with Gasteiger partial charge in [-0.1, -0.05) is 19.9 Å². The molecule has 1 fully saturated rings. The van der Waals surface area contributed by atoms with E-state index in [-0.39, 0.29) is 5.41 Å². The Bertz CT molecular complexity index is 491. The Balaban J connectivity index is 2.48. The Labute approximate surface area is 111 Å². The summed E-state index contributed by atoms with van der Waals surface area (Å²) in [4.78, 5) is 0. The van der Waals surface area contributed by atoms with Crippen LogP contribution >= 0.6 is 0 Å². The number of aryl methyl sites for hydroxylation is 1. The first-order chi connectivity index (χ1) is 8.58. The van der Waals surface area contributed by atoms with Gasteiger partial charge in [0.05, 0.1) is 11.2 Å². The summed E-state index contributed by atoms with van der Waals surface area (Å²) in [6.07, 6.45) is -1.96. The van der Waals surface area contributed by atoms with E-state index in [1.165, 1.54) is 6.07 Å². The quantitative estimate of drug-likeness (QED) is 0.802. The van der Waals surface area contributed by atoms with Crippen molar-refractivity contribution in [3.8, 4) is 0 Å². The Morgan fingerprint density at radius 2 is 1.79 bits per heavy atom. The third kappa shape index (κ3) is 2.27. The highest BCUT2D eigenvalue weighted by molar-refractivity contribution is 5.38. The molecule has 1 aliphatic carbocycles. The van der Waals surface area contributed by atoms with Crippen molar-refractivity contribution in [2.24, 2.45) is 5.41 Å². The van der Waals surface area contributed by atoms with Crippen molar-refractivity contribution in [2.75, 3.05) is 0 Å². The molecular formula is C15H19F3O. The van der Waals surface area contributed by atoms with Crippen molar-refractivity contribution in [1.29, 1.82) is 0 Å². The van der Waals surface area contributed by atoms with Crippen LogP contribution in [0, 0.1) is 12.3 Å². The van der Waals surface area contributed by atoms with Gasteiger partial charge in [0.1, 0.15) is 0 Å². The van der Waals surface area contributed by atoms with Gasteiger partial charge in [0.25, 0.3) is 0 Å². The van der Waals surface area contributed by atoms with Gasteiger partial charge >= 0.3 is 6.18 Å². The first kappa shape index (κ1) is 14.4. The van der Waals surface area contributed by atoms with Crippen LogP contribution in [0.3, 0.4) is 0 Å². The van der Waals surface area contributed by atoms with Crippen LogP contribution in [0.2, 0.25) is 0 Å². The van der Waals surface area contributed by atoms with Gasteiger partial charge < -0.3 is 5.11 Å². The molecule has 1 atom stereocenters. The van der Waals surface area contributed by atoms with E-state index in [2.05, 4.69) is 0 Å². The number of hydrogen-bond acceptors (Lipinski definition) is 1. The topological polar surface area (TPSA) is 20.2 Å². The second-order valence-electron chi connectivity index (χ2n) is 6.13. The normalized spacial score (nSPS) is 26.7. The summed E-state index contributed by atoms with van der Waals surface area (Å²) in [6, 6.07) is 3.63. The fourth-order valence-electron chi connectivity index (χ4n) is 3.13. The van der Waals surface area contributed by atoms with Crippen LogP contribution in [-0.4, -0.2) is 5.11 Å². The van der Waals surface area contributed by atoms with Gasteiger partial charge in [0, 0.05) is 0 Å². The van der Waals surface area contributed by atoms with E-state index in [1.807, 2.05) is 13.8 Å². The molecule has 0 amide bonds. The largest absolute Gasteiger partial charge is 0.416 e. The maximum atomic E-state index is 12.7. The smallest absolute Gasteiger partial charge is 0.385 e. The van der Waals surface area contributed by atoms with Gasteiger partial charge in [-0.2, -0.15) is 13.2 Å². The zero-order valence-electron chi connectivity index (χ0n) is 11.4. The molecular weight excluding hydrogens is 253 g/mol. The van der Waals surface area contributed by atoms with Crippen molar-refractivity contribution >= 4 is 0 Å². The van der Waals surface area contributed by atoms with E-state index >= 15 is 0 Å². The minimum absolute atomic E-state index is 0.308. The van der Waals surface area contributed by atoms with Crippen LogP contribution in [-0.2, 0) is 11.8 Å². The minimum Gasteiger partial charge on any atom is -0.385 e. The summed E-state index contributed by atoms with van der Waals surface area (Å²) in [5.74, 6) is 0. The molecule has 0 spiro atoms. The van der Waals surface area contributed by atoms with Crippen molar-refractivity contribution in [2.45, 2.75) is 51.8 Å². The Morgan fingerprint density at radius 1 is 1.16 bits per heavy atom. The van der Waals surface area contributed by atoms with Gasteiger partial charge in [-0.05, 0) is 54.9 Å². The molecule has 0 bridgehead atoms. The average molecular weight is 272 g/mol. The maximum Gasteiger partial charge on any atom is 0.416 e. The zero-order chi connectivity index (χ0) is 14.5. The number of rotatable bonds is 1. The predicted octanol–water partition coefficient (Wildman–Crippen LogP) is 4.41. The first-order valence-electron chi connectivity index (χ1n) is 6.49.